The number of carboxylic acid groups (broad SMARTS) is 1. The maximum absolute atomic E-state index is 11.3. The van der Waals surface area contributed by atoms with Gasteiger partial charge in [0.1, 0.15) is 6.04 Å². The Hall–Kier alpha value is -0.610. The lowest BCUT2D eigenvalue weighted by Crippen LogP contribution is -2.53. The lowest BCUT2D eigenvalue weighted by molar-refractivity contribution is -0.144. The third-order valence-electron chi connectivity index (χ3n) is 3.52. The molecule has 0 aliphatic carbocycles. The quantitative estimate of drug-likeness (QED) is 0.722. The Morgan fingerprint density at radius 3 is 2.53 bits per heavy atom. The third kappa shape index (κ3) is 2.49. The molecule has 2 heterocycles. The first-order valence-electron chi connectivity index (χ1n) is 5.99. The Kier molecular flexibility index (Phi) is 3.59. The van der Waals surface area contributed by atoms with Crippen LogP contribution in [0.25, 0.3) is 0 Å². The Morgan fingerprint density at radius 2 is 2.00 bits per heavy atom. The van der Waals surface area contributed by atoms with Crippen LogP contribution in [-0.4, -0.2) is 47.7 Å². The molecule has 0 aromatic carbocycles. The number of rotatable bonds is 3. The normalized spacial score (nSPS) is 30.3. The molecule has 0 saturated carbocycles. The van der Waals surface area contributed by atoms with Crippen LogP contribution in [0.5, 0.6) is 0 Å². The molecule has 4 nitrogen and oxygen atoms in total. The zero-order chi connectivity index (χ0) is 10.7. The molecule has 2 N–H and O–H groups in total. The molecule has 0 radical (unpaired) electrons. The first kappa shape index (κ1) is 10.9. The largest absolute Gasteiger partial charge is 0.480 e. The lowest BCUT2D eigenvalue weighted by Gasteiger charge is -2.35. The van der Waals surface area contributed by atoms with Crippen molar-refractivity contribution in [3.8, 4) is 0 Å². The number of nitrogens with one attached hydrogen (secondary N) is 1. The van der Waals surface area contributed by atoms with E-state index in [1.165, 1.54) is 6.42 Å². The van der Waals surface area contributed by atoms with Gasteiger partial charge in [-0.25, -0.2) is 0 Å². The predicted molar refractivity (Wildman–Crippen MR) is 57.9 cm³/mol. The number of carboxylic acids is 1. The molecular formula is C11H20N2O2. The van der Waals surface area contributed by atoms with Gasteiger partial charge in [-0.3, -0.25) is 9.69 Å². The Balaban J connectivity index is 2.00. The van der Waals surface area contributed by atoms with Crippen molar-refractivity contribution in [2.24, 2.45) is 0 Å². The van der Waals surface area contributed by atoms with Crippen LogP contribution in [0.3, 0.4) is 0 Å². The molecular weight excluding hydrogens is 192 g/mol. The van der Waals surface area contributed by atoms with E-state index in [1.807, 2.05) is 0 Å². The summed E-state index contributed by atoms with van der Waals surface area (Å²) in [4.78, 5) is 13.5. The number of aliphatic carboxylic acids is 1. The summed E-state index contributed by atoms with van der Waals surface area (Å²) >= 11 is 0. The zero-order valence-electron chi connectivity index (χ0n) is 9.11. The molecule has 2 atom stereocenters. The summed E-state index contributed by atoms with van der Waals surface area (Å²) in [5.74, 6) is -0.656. The average molecular weight is 212 g/mol. The maximum Gasteiger partial charge on any atom is 0.322 e. The molecule has 2 aliphatic rings. The van der Waals surface area contributed by atoms with E-state index in [-0.39, 0.29) is 12.1 Å². The van der Waals surface area contributed by atoms with Crippen molar-refractivity contribution in [3.63, 3.8) is 0 Å². The number of carbonyl (C=O) groups is 1. The molecule has 2 fully saturated rings. The summed E-state index contributed by atoms with van der Waals surface area (Å²) in [5.41, 5.74) is 0. The van der Waals surface area contributed by atoms with Gasteiger partial charge in [0.05, 0.1) is 0 Å². The summed E-state index contributed by atoms with van der Waals surface area (Å²) in [6, 6.07) is -0.131. The van der Waals surface area contributed by atoms with Crippen LogP contribution in [0.4, 0.5) is 0 Å². The second-order valence-electron chi connectivity index (χ2n) is 4.58. The fourth-order valence-corrected chi connectivity index (χ4v) is 2.76. The number of nitrogens with zero attached hydrogens (tertiary/aromatic N) is 1. The smallest absolute Gasteiger partial charge is 0.322 e. The van der Waals surface area contributed by atoms with E-state index in [1.54, 1.807) is 0 Å². The Bertz CT molecular complexity index is 221. The maximum atomic E-state index is 11.3. The summed E-state index contributed by atoms with van der Waals surface area (Å²) in [6.07, 6.45) is 5.67. The van der Waals surface area contributed by atoms with Crippen LogP contribution in [0, 0.1) is 0 Å². The molecule has 86 valence electrons. The van der Waals surface area contributed by atoms with Gasteiger partial charge in [-0.05, 0) is 45.3 Å². The van der Waals surface area contributed by atoms with Crippen LogP contribution >= 0.6 is 0 Å². The monoisotopic (exact) mass is 212 g/mol. The van der Waals surface area contributed by atoms with Gasteiger partial charge in [0.25, 0.3) is 0 Å². The number of hydrogen-bond acceptors (Lipinski definition) is 3. The topological polar surface area (TPSA) is 52.6 Å². The highest BCUT2D eigenvalue weighted by Gasteiger charge is 2.35. The molecule has 2 rings (SSSR count). The van der Waals surface area contributed by atoms with Crippen molar-refractivity contribution in [3.05, 3.63) is 0 Å². The number of hydrogen-bond donors (Lipinski definition) is 2. The van der Waals surface area contributed by atoms with Gasteiger partial charge in [-0.1, -0.05) is 6.42 Å². The molecule has 0 amide bonds. The standard InChI is InChI=1S/C11H20N2O2/c14-11(15)10(9-5-4-6-12-9)13-7-2-1-3-8-13/h9-10,12H,1-8H2,(H,14,15). The van der Waals surface area contributed by atoms with Crippen molar-refractivity contribution < 1.29 is 9.90 Å². The van der Waals surface area contributed by atoms with E-state index in [0.717, 1.165) is 45.3 Å². The second-order valence-corrected chi connectivity index (χ2v) is 4.58. The Labute approximate surface area is 90.6 Å². The Morgan fingerprint density at radius 1 is 1.27 bits per heavy atom. The highest BCUT2D eigenvalue weighted by Crippen LogP contribution is 2.19. The molecule has 2 saturated heterocycles. The van der Waals surface area contributed by atoms with Crippen molar-refractivity contribution in [1.29, 1.82) is 0 Å². The predicted octanol–water partition coefficient (Wildman–Crippen LogP) is 0.677. The molecule has 0 aromatic heterocycles. The van der Waals surface area contributed by atoms with Crippen LogP contribution in [0.2, 0.25) is 0 Å². The van der Waals surface area contributed by atoms with Crippen LogP contribution < -0.4 is 5.32 Å². The second kappa shape index (κ2) is 4.94. The van der Waals surface area contributed by atoms with Gasteiger partial charge in [-0.2, -0.15) is 0 Å². The first-order valence-corrected chi connectivity index (χ1v) is 5.99. The zero-order valence-corrected chi connectivity index (χ0v) is 9.11. The lowest BCUT2D eigenvalue weighted by atomic mass is 10.0. The van der Waals surface area contributed by atoms with E-state index >= 15 is 0 Å². The molecule has 15 heavy (non-hydrogen) atoms. The van der Waals surface area contributed by atoms with Crippen LogP contribution in [0.1, 0.15) is 32.1 Å². The molecule has 4 heteroatoms. The first-order chi connectivity index (χ1) is 7.29. The third-order valence-corrected chi connectivity index (χ3v) is 3.52. The molecule has 0 bridgehead atoms. The summed E-state index contributed by atoms with van der Waals surface area (Å²) in [7, 11) is 0. The molecule has 0 spiro atoms. The minimum atomic E-state index is -0.656. The van der Waals surface area contributed by atoms with Gasteiger partial charge in [0.15, 0.2) is 0 Å². The van der Waals surface area contributed by atoms with Crippen molar-refractivity contribution in [1.82, 2.24) is 10.2 Å². The van der Waals surface area contributed by atoms with Crippen molar-refractivity contribution >= 4 is 5.97 Å². The fourth-order valence-electron chi connectivity index (χ4n) is 2.76. The molecule has 2 unspecified atom stereocenters. The van der Waals surface area contributed by atoms with E-state index in [2.05, 4.69) is 10.2 Å². The summed E-state index contributed by atoms with van der Waals surface area (Å²) in [5, 5.41) is 12.6. The van der Waals surface area contributed by atoms with Gasteiger partial charge >= 0.3 is 5.97 Å². The highest BCUT2D eigenvalue weighted by molar-refractivity contribution is 5.74. The molecule has 2 aliphatic heterocycles. The van der Waals surface area contributed by atoms with E-state index in [9.17, 15) is 9.90 Å². The minimum Gasteiger partial charge on any atom is -0.480 e. The number of likely N-dealkylation sites (tertiary alicyclic amines) is 1. The van der Waals surface area contributed by atoms with Gasteiger partial charge in [0, 0.05) is 6.04 Å². The van der Waals surface area contributed by atoms with Crippen LogP contribution in [0.15, 0.2) is 0 Å². The van der Waals surface area contributed by atoms with Crippen molar-refractivity contribution in [2.45, 2.75) is 44.2 Å². The van der Waals surface area contributed by atoms with Crippen molar-refractivity contribution in [2.75, 3.05) is 19.6 Å². The SMILES string of the molecule is O=C(O)C(C1CCCN1)N1CCCCC1. The highest BCUT2D eigenvalue weighted by atomic mass is 16.4. The van der Waals surface area contributed by atoms with E-state index < -0.39 is 5.97 Å². The van der Waals surface area contributed by atoms with E-state index in [4.69, 9.17) is 0 Å². The van der Waals surface area contributed by atoms with Crippen LogP contribution in [-0.2, 0) is 4.79 Å². The van der Waals surface area contributed by atoms with Gasteiger partial charge < -0.3 is 10.4 Å². The average Bonchev–Trinajstić information content (AvgIpc) is 2.72. The molecule has 0 aromatic rings. The minimum absolute atomic E-state index is 0.167. The summed E-state index contributed by atoms with van der Waals surface area (Å²) < 4.78 is 0. The number of piperidine rings is 1. The summed E-state index contributed by atoms with van der Waals surface area (Å²) in [6.45, 7) is 2.88. The van der Waals surface area contributed by atoms with E-state index in [0.29, 0.717) is 0 Å². The fraction of sp³-hybridized carbons (Fsp3) is 0.909. The van der Waals surface area contributed by atoms with Gasteiger partial charge in [0.2, 0.25) is 0 Å². The van der Waals surface area contributed by atoms with Gasteiger partial charge in [-0.15, -0.1) is 0 Å².